The number of carbonyl (C=O) groups excluding carboxylic acids is 2. The van der Waals surface area contributed by atoms with E-state index in [1.807, 2.05) is 47.4 Å². The second kappa shape index (κ2) is 6.24. The molecule has 2 atom stereocenters. The maximum atomic E-state index is 13.0. The molecule has 6 heteroatoms. The number of likely N-dealkylation sites (tertiary alicyclic amines) is 1. The highest BCUT2D eigenvalue weighted by Gasteiger charge is 2.63. The van der Waals surface area contributed by atoms with Crippen LogP contribution in [0.15, 0.2) is 54.6 Å². The van der Waals surface area contributed by atoms with Crippen molar-refractivity contribution >= 4 is 12.0 Å². The van der Waals surface area contributed by atoms with Gasteiger partial charge in [-0.3, -0.25) is 4.79 Å². The lowest BCUT2D eigenvalue weighted by atomic mass is 9.68. The fourth-order valence-corrected chi connectivity index (χ4v) is 5.61. The summed E-state index contributed by atoms with van der Waals surface area (Å²) in [6.07, 6.45) is 2.17. The van der Waals surface area contributed by atoms with Crippen LogP contribution in [0.25, 0.3) is 0 Å². The predicted octanol–water partition coefficient (Wildman–Crippen LogP) is 3.47. The number of carbonyl (C=O) groups is 2. The van der Waals surface area contributed by atoms with E-state index in [0.29, 0.717) is 25.4 Å². The molecule has 1 N–H and O–H groups in total. The topological polar surface area (TPSA) is 67.9 Å². The Bertz CT molecular complexity index is 1000. The molecular formula is C24H24N2O4. The highest BCUT2D eigenvalue weighted by Crippen LogP contribution is 2.59. The zero-order chi connectivity index (χ0) is 20.3. The summed E-state index contributed by atoms with van der Waals surface area (Å²) in [5.74, 6) is 2.43. The average Bonchev–Trinajstić information content (AvgIpc) is 3.08. The molecule has 0 bridgehead atoms. The zero-order valence-corrected chi connectivity index (χ0v) is 16.7. The number of amides is 2. The summed E-state index contributed by atoms with van der Waals surface area (Å²) in [4.78, 5) is 26.4. The number of nitrogens with one attached hydrogen (secondary N) is 1. The predicted molar refractivity (Wildman–Crippen MR) is 109 cm³/mol. The van der Waals surface area contributed by atoms with Gasteiger partial charge in [-0.15, -0.1) is 0 Å². The molecule has 2 aliphatic heterocycles. The van der Waals surface area contributed by atoms with Crippen LogP contribution in [0.3, 0.4) is 0 Å². The Balaban J connectivity index is 1.10. The lowest BCUT2D eigenvalue weighted by Gasteiger charge is -2.43. The van der Waals surface area contributed by atoms with Crippen LogP contribution in [0.4, 0.5) is 4.79 Å². The molecule has 2 aliphatic carbocycles. The van der Waals surface area contributed by atoms with Crippen LogP contribution in [-0.4, -0.2) is 42.1 Å². The van der Waals surface area contributed by atoms with Gasteiger partial charge in [0.05, 0.1) is 5.54 Å². The van der Waals surface area contributed by atoms with Gasteiger partial charge in [-0.05, 0) is 55.0 Å². The second-order valence-corrected chi connectivity index (χ2v) is 9.30. The molecule has 2 saturated heterocycles. The minimum absolute atomic E-state index is 0.00296. The normalized spacial score (nSPS) is 33.5. The van der Waals surface area contributed by atoms with Gasteiger partial charge in [-0.2, -0.15) is 0 Å². The van der Waals surface area contributed by atoms with Gasteiger partial charge in [0.1, 0.15) is 18.1 Å². The molecule has 154 valence electrons. The van der Waals surface area contributed by atoms with Gasteiger partial charge in [-0.1, -0.05) is 30.3 Å². The van der Waals surface area contributed by atoms with E-state index in [0.717, 1.165) is 31.0 Å². The van der Waals surface area contributed by atoms with Crippen LogP contribution < -0.4 is 10.1 Å². The first-order valence-electron chi connectivity index (χ1n) is 10.6. The Kier molecular flexibility index (Phi) is 3.70. The Morgan fingerprint density at radius 1 is 1.03 bits per heavy atom. The number of rotatable bonds is 4. The first-order valence-corrected chi connectivity index (χ1v) is 10.6. The highest BCUT2D eigenvalue weighted by atomic mass is 16.6. The maximum Gasteiger partial charge on any atom is 0.407 e. The van der Waals surface area contributed by atoms with E-state index >= 15 is 0 Å². The lowest BCUT2D eigenvalue weighted by molar-refractivity contribution is -0.140. The monoisotopic (exact) mass is 404 g/mol. The molecule has 4 aliphatic rings. The van der Waals surface area contributed by atoms with Crippen molar-refractivity contribution in [2.45, 2.75) is 30.2 Å². The van der Waals surface area contributed by atoms with E-state index in [2.05, 4.69) is 17.4 Å². The molecule has 2 amide bonds. The summed E-state index contributed by atoms with van der Waals surface area (Å²) in [5, 5.41) is 2.87. The number of ether oxygens (including phenoxy) is 2. The van der Waals surface area contributed by atoms with E-state index in [9.17, 15) is 9.59 Å². The van der Waals surface area contributed by atoms with Gasteiger partial charge < -0.3 is 19.7 Å². The SMILES string of the molecule is O=C1N[C@]2(CO1)C[C@H](C(=O)N1CC3CC3(c3ccc(Oc4ccccc4)cc3)C1)C2. The average molecular weight is 404 g/mol. The molecule has 6 nitrogen and oxygen atoms in total. The van der Waals surface area contributed by atoms with Crippen molar-refractivity contribution < 1.29 is 19.1 Å². The third kappa shape index (κ3) is 2.77. The number of fused-ring (bicyclic) bond motifs is 1. The van der Waals surface area contributed by atoms with Gasteiger partial charge in [0.2, 0.25) is 5.91 Å². The van der Waals surface area contributed by atoms with Crippen LogP contribution in [0.1, 0.15) is 24.8 Å². The van der Waals surface area contributed by atoms with E-state index in [1.54, 1.807) is 0 Å². The van der Waals surface area contributed by atoms with E-state index < -0.39 is 0 Å². The maximum absolute atomic E-state index is 13.0. The Labute approximate surface area is 175 Å². The third-order valence-corrected chi connectivity index (χ3v) is 7.34. The molecule has 4 fully saturated rings. The fourth-order valence-electron chi connectivity index (χ4n) is 5.61. The Morgan fingerprint density at radius 3 is 2.47 bits per heavy atom. The number of benzene rings is 2. The van der Waals surface area contributed by atoms with Gasteiger partial charge >= 0.3 is 6.09 Å². The lowest BCUT2D eigenvalue weighted by Crippen LogP contribution is -2.58. The van der Waals surface area contributed by atoms with Crippen LogP contribution in [0, 0.1) is 11.8 Å². The molecule has 2 saturated carbocycles. The van der Waals surface area contributed by atoms with Crippen LogP contribution in [0.2, 0.25) is 0 Å². The first-order chi connectivity index (χ1) is 14.6. The minimum atomic E-state index is -0.359. The molecule has 2 aromatic carbocycles. The molecule has 2 heterocycles. The number of alkyl carbamates (subject to hydrolysis) is 1. The summed E-state index contributed by atoms with van der Waals surface area (Å²) >= 11 is 0. The largest absolute Gasteiger partial charge is 0.457 e. The van der Waals surface area contributed by atoms with Gasteiger partial charge in [0.25, 0.3) is 0 Å². The summed E-state index contributed by atoms with van der Waals surface area (Å²) in [5.41, 5.74) is 1.10. The van der Waals surface area contributed by atoms with Crippen molar-refractivity contribution in [3.8, 4) is 11.5 Å². The number of cyclic esters (lactones) is 1. The molecule has 0 aromatic heterocycles. The summed E-state index contributed by atoms with van der Waals surface area (Å²) in [7, 11) is 0. The summed E-state index contributed by atoms with van der Waals surface area (Å²) < 4.78 is 10.9. The van der Waals surface area contributed by atoms with Gasteiger partial charge in [-0.25, -0.2) is 4.79 Å². The van der Waals surface area contributed by atoms with Crippen LogP contribution in [0.5, 0.6) is 11.5 Å². The smallest absolute Gasteiger partial charge is 0.407 e. The molecular weight excluding hydrogens is 380 g/mol. The first kappa shape index (κ1) is 17.8. The molecule has 0 radical (unpaired) electrons. The quantitative estimate of drug-likeness (QED) is 0.847. The standard InChI is InChI=1S/C24H24N2O4/c27-21(16-10-23(11-16)15-29-22(28)25-23)26-13-18-12-24(18,14-26)17-6-8-20(9-7-17)30-19-4-2-1-3-5-19/h1-9,16,18H,10-15H2,(H,25,28)/t16-,18?,23+,24?. The van der Waals surface area contributed by atoms with Crippen molar-refractivity contribution in [1.29, 1.82) is 0 Å². The minimum Gasteiger partial charge on any atom is -0.457 e. The number of nitrogens with zero attached hydrogens (tertiary/aromatic N) is 1. The zero-order valence-electron chi connectivity index (χ0n) is 16.7. The molecule has 1 spiro atoms. The second-order valence-electron chi connectivity index (χ2n) is 9.30. The van der Waals surface area contributed by atoms with Crippen molar-refractivity contribution in [1.82, 2.24) is 10.2 Å². The van der Waals surface area contributed by atoms with Crippen molar-refractivity contribution in [2.24, 2.45) is 11.8 Å². The Hall–Kier alpha value is -3.02. The molecule has 2 unspecified atom stereocenters. The molecule has 6 rings (SSSR count). The number of para-hydroxylation sites is 1. The number of hydrogen-bond acceptors (Lipinski definition) is 4. The van der Waals surface area contributed by atoms with E-state index in [-0.39, 0.29) is 28.9 Å². The van der Waals surface area contributed by atoms with Crippen LogP contribution in [-0.2, 0) is 14.9 Å². The van der Waals surface area contributed by atoms with Crippen LogP contribution >= 0.6 is 0 Å². The van der Waals surface area contributed by atoms with Gasteiger partial charge in [0.15, 0.2) is 0 Å². The highest BCUT2D eigenvalue weighted by molar-refractivity contribution is 5.82. The summed E-state index contributed by atoms with van der Waals surface area (Å²) in [6.45, 7) is 2.02. The van der Waals surface area contributed by atoms with Crippen molar-refractivity contribution in [3.05, 3.63) is 60.2 Å². The van der Waals surface area contributed by atoms with E-state index in [4.69, 9.17) is 9.47 Å². The van der Waals surface area contributed by atoms with Crippen molar-refractivity contribution in [3.63, 3.8) is 0 Å². The van der Waals surface area contributed by atoms with Crippen molar-refractivity contribution in [2.75, 3.05) is 19.7 Å². The Morgan fingerprint density at radius 2 is 1.77 bits per heavy atom. The summed E-state index contributed by atoms with van der Waals surface area (Å²) in [6, 6.07) is 18.1. The molecule has 2 aromatic rings. The van der Waals surface area contributed by atoms with E-state index in [1.165, 1.54) is 5.56 Å². The number of hydrogen-bond donors (Lipinski definition) is 1. The fraction of sp³-hybridized carbons (Fsp3) is 0.417. The van der Waals surface area contributed by atoms with Gasteiger partial charge in [0, 0.05) is 24.4 Å². The number of piperidine rings is 1. The molecule has 30 heavy (non-hydrogen) atoms. The third-order valence-electron chi connectivity index (χ3n) is 7.34.